The molecule has 0 spiro atoms. The van der Waals surface area contributed by atoms with E-state index in [9.17, 15) is 18.1 Å². The zero-order valence-electron chi connectivity index (χ0n) is 17.1. The fourth-order valence-corrected chi connectivity index (χ4v) is 3.92. The SMILES string of the molecule is CCCCCCCCCCCc1ccc(S(=O)(=O)O)c(O)c1Oc1ccccc1. The van der Waals surface area contributed by atoms with Gasteiger partial charge in [0, 0.05) is 0 Å². The van der Waals surface area contributed by atoms with Crippen LogP contribution >= 0.6 is 0 Å². The molecule has 160 valence electrons. The Bertz CT molecular complexity index is 847. The number of aromatic hydroxyl groups is 1. The highest BCUT2D eigenvalue weighted by molar-refractivity contribution is 7.86. The number of ether oxygens (including phenoxy) is 1. The third-order valence-electron chi connectivity index (χ3n) is 4.97. The van der Waals surface area contributed by atoms with Crippen molar-refractivity contribution in [1.82, 2.24) is 0 Å². The highest BCUT2D eigenvalue weighted by atomic mass is 32.2. The largest absolute Gasteiger partial charge is 0.503 e. The fraction of sp³-hybridized carbons (Fsp3) is 0.478. The molecule has 0 saturated carbocycles. The maximum Gasteiger partial charge on any atom is 0.298 e. The summed E-state index contributed by atoms with van der Waals surface area (Å²) in [5, 5.41) is 10.4. The molecular weight excluding hydrogens is 388 g/mol. The van der Waals surface area contributed by atoms with Crippen molar-refractivity contribution in [1.29, 1.82) is 0 Å². The van der Waals surface area contributed by atoms with Gasteiger partial charge in [0.15, 0.2) is 11.5 Å². The van der Waals surface area contributed by atoms with Crippen LogP contribution in [0.4, 0.5) is 0 Å². The molecule has 5 nitrogen and oxygen atoms in total. The normalized spacial score (nSPS) is 11.5. The van der Waals surface area contributed by atoms with Crippen LogP contribution in [0.15, 0.2) is 47.4 Å². The molecule has 0 unspecified atom stereocenters. The lowest BCUT2D eigenvalue weighted by Crippen LogP contribution is -2.02. The van der Waals surface area contributed by atoms with Crippen LogP contribution in [0.2, 0.25) is 0 Å². The fourth-order valence-electron chi connectivity index (χ4n) is 3.35. The molecule has 0 aliphatic carbocycles. The van der Waals surface area contributed by atoms with Crippen molar-refractivity contribution in [3.05, 3.63) is 48.0 Å². The van der Waals surface area contributed by atoms with E-state index in [4.69, 9.17) is 4.74 Å². The van der Waals surface area contributed by atoms with E-state index in [2.05, 4.69) is 6.92 Å². The summed E-state index contributed by atoms with van der Waals surface area (Å²) in [5.74, 6) is 0.0271. The summed E-state index contributed by atoms with van der Waals surface area (Å²) in [6.45, 7) is 2.22. The molecule has 2 aromatic rings. The monoisotopic (exact) mass is 420 g/mol. The van der Waals surface area contributed by atoms with Gasteiger partial charge in [-0.1, -0.05) is 82.6 Å². The molecule has 6 heteroatoms. The van der Waals surface area contributed by atoms with E-state index in [0.29, 0.717) is 12.2 Å². The van der Waals surface area contributed by atoms with Gasteiger partial charge in [-0.2, -0.15) is 8.42 Å². The van der Waals surface area contributed by atoms with Gasteiger partial charge in [0.05, 0.1) is 0 Å². The van der Waals surface area contributed by atoms with Crippen LogP contribution in [0.5, 0.6) is 17.2 Å². The van der Waals surface area contributed by atoms with Gasteiger partial charge in [-0.25, -0.2) is 0 Å². The van der Waals surface area contributed by atoms with Crippen molar-refractivity contribution in [2.45, 2.75) is 76.0 Å². The van der Waals surface area contributed by atoms with E-state index in [-0.39, 0.29) is 5.75 Å². The third kappa shape index (κ3) is 7.71. The number of phenols is 1. The third-order valence-corrected chi connectivity index (χ3v) is 5.85. The minimum absolute atomic E-state index is 0.0888. The van der Waals surface area contributed by atoms with Crippen molar-refractivity contribution >= 4 is 10.1 Å². The summed E-state index contributed by atoms with van der Waals surface area (Å²) >= 11 is 0. The van der Waals surface area contributed by atoms with Crippen LogP contribution in [-0.2, 0) is 16.5 Å². The van der Waals surface area contributed by atoms with Crippen molar-refractivity contribution in [2.75, 3.05) is 0 Å². The molecule has 0 aromatic heterocycles. The molecule has 2 N–H and O–H groups in total. The predicted molar refractivity (Wildman–Crippen MR) is 115 cm³/mol. The number of phenolic OH excluding ortho intramolecular Hbond substituents is 1. The lowest BCUT2D eigenvalue weighted by molar-refractivity contribution is 0.391. The molecule has 2 aromatic carbocycles. The quantitative estimate of drug-likeness (QED) is 0.285. The average molecular weight is 421 g/mol. The maximum absolute atomic E-state index is 11.5. The molecule has 0 aliphatic rings. The van der Waals surface area contributed by atoms with Gasteiger partial charge < -0.3 is 9.84 Å². The topological polar surface area (TPSA) is 83.8 Å². The van der Waals surface area contributed by atoms with E-state index in [1.807, 2.05) is 6.07 Å². The summed E-state index contributed by atoms with van der Waals surface area (Å²) in [6, 6.07) is 11.7. The van der Waals surface area contributed by atoms with Crippen molar-refractivity contribution in [2.24, 2.45) is 0 Å². The molecule has 0 amide bonds. The first-order valence-corrected chi connectivity index (χ1v) is 11.9. The molecule has 0 atom stereocenters. The minimum atomic E-state index is -4.54. The van der Waals surface area contributed by atoms with E-state index in [1.165, 1.54) is 44.6 Å². The Morgan fingerprint density at radius 1 is 0.828 bits per heavy atom. The number of unbranched alkanes of at least 4 members (excludes halogenated alkanes) is 8. The molecule has 2 rings (SSSR count). The van der Waals surface area contributed by atoms with Gasteiger partial charge in [0.25, 0.3) is 10.1 Å². The Balaban J connectivity index is 2.00. The Kier molecular flexibility index (Phi) is 9.48. The van der Waals surface area contributed by atoms with Crippen molar-refractivity contribution in [3.8, 4) is 17.2 Å². The lowest BCUT2D eigenvalue weighted by atomic mass is 10.0. The molecule has 0 aliphatic heterocycles. The summed E-state index contributed by atoms with van der Waals surface area (Å²) in [6.07, 6.45) is 11.5. The van der Waals surface area contributed by atoms with Crippen LogP contribution in [0.25, 0.3) is 0 Å². The highest BCUT2D eigenvalue weighted by Crippen LogP contribution is 2.40. The summed E-state index contributed by atoms with van der Waals surface area (Å²) < 4.78 is 38.2. The Labute approximate surface area is 174 Å². The van der Waals surface area contributed by atoms with Crippen LogP contribution in [0.3, 0.4) is 0 Å². The predicted octanol–water partition coefficient (Wildman–Crippen LogP) is 6.50. The first kappa shape index (κ1) is 23.2. The van der Waals surface area contributed by atoms with Gasteiger partial charge in [-0.05, 0) is 36.6 Å². The van der Waals surface area contributed by atoms with E-state index >= 15 is 0 Å². The Hall–Kier alpha value is -2.05. The van der Waals surface area contributed by atoms with Crippen LogP contribution in [0, 0.1) is 0 Å². The van der Waals surface area contributed by atoms with Gasteiger partial charge in [-0.15, -0.1) is 0 Å². The summed E-state index contributed by atoms with van der Waals surface area (Å²) in [7, 11) is -4.54. The van der Waals surface area contributed by atoms with Gasteiger partial charge in [-0.3, -0.25) is 4.55 Å². The molecular formula is C23H32O5S. The van der Waals surface area contributed by atoms with Gasteiger partial charge in [0.1, 0.15) is 10.6 Å². The van der Waals surface area contributed by atoms with E-state index in [0.717, 1.165) is 24.8 Å². The zero-order valence-corrected chi connectivity index (χ0v) is 18.0. The number of para-hydroxylation sites is 1. The molecule has 29 heavy (non-hydrogen) atoms. The van der Waals surface area contributed by atoms with Crippen molar-refractivity contribution in [3.63, 3.8) is 0 Å². The van der Waals surface area contributed by atoms with E-state index in [1.54, 1.807) is 30.3 Å². The number of benzene rings is 2. The van der Waals surface area contributed by atoms with E-state index < -0.39 is 20.8 Å². The molecule has 0 bridgehead atoms. The van der Waals surface area contributed by atoms with Gasteiger partial charge in [0.2, 0.25) is 0 Å². The summed E-state index contributed by atoms with van der Waals surface area (Å²) in [5.41, 5.74) is 0.724. The smallest absolute Gasteiger partial charge is 0.298 e. The second kappa shape index (κ2) is 11.8. The maximum atomic E-state index is 11.5. The number of aryl methyl sites for hydroxylation is 1. The van der Waals surface area contributed by atoms with Gasteiger partial charge >= 0.3 is 0 Å². The summed E-state index contributed by atoms with van der Waals surface area (Å²) in [4.78, 5) is -0.542. The molecule has 0 heterocycles. The average Bonchev–Trinajstić information content (AvgIpc) is 2.69. The first-order valence-electron chi connectivity index (χ1n) is 10.5. The second-order valence-electron chi connectivity index (χ2n) is 7.37. The minimum Gasteiger partial charge on any atom is -0.503 e. The standard InChI is InChI=1S/C23H32O5S/c1-2-3-4-5-6-7-8-9-11-14-19-17-18-21(29(25,26)27)22(24)23(19)28-20-15-12-10-13-16-20/h10,12-13,15-18,24H,2-9,11,14H2,1H3,(H,25,26,27). The van der Waals surface area contributed by atoms with Crippen LogP contribution in [0.1, 0.15) is 70.3 Å². The number of hydrogen-bond donors (Lipinski definition) is 2. The molecule has 0 radical (unpaired) electrons. The van der Waals surface area contributed by atoms with Crippen LogP contribution in [-0.4, -0.2) is 18.1 Å². The Morgan fingerprint density at radius 2 is 1.41 bits per heavy atom. The molecule has 0 fully saturated rings. The highest BCUT2D eigenvalue weighted by Gasteiger charge is 2.22. The van der Waals surface area contributed by atoms with Crippen LogP contribution < -0.4 is 4.74 Å². The number of hydrogen-bond acceptors (Lipinski definition) is 4. The Morgan fingerprint density at radius 3 is 2.00 bits per heavy atom. The van der Waals surface area contributed by atoms with Crippen molar-refractivity contribution < 1.29 is 22.8 Å². The number of rotatable bonds is 13. The molecule has 0 saturated heterocycles. The first-order chi connectivity index (χ1) is 13.9. The second-order valence-corrected chi connectivity index (χ2v) is 8.76. The zero-order chi connectivity index (χ0) is 21.1. The lowest BCUT2D eigenvalue weighted by Gasteiger charge is -2.15.